The van der Waals surface area contributed by atoms with Crippen molar-refractivity contribution in [1.29, 1.82) is 0 Å². The number of nitrogens with one attached hydrogen (secondary N) is 1. The van der Waals surface area contributed by atoms with Crippen molar-refractivity contribution in [2.45, 2.75) is 51.7 Å². The maximum Gasteiger partial charge on any atom is 0.251 e. The van der Waals surface area contributed by atoms with E-state index < -0.39 is 0 Å². The van der Waals surface area contributed by atoms with Gasteiger partial charge in [0.2, 0.25) is 0 Å². The molecule has 1 saturated heterocycles. The zero-order valence-electron chi connectivity index (χ0n) is 11.8. The monoisotopic (exact) mass is 261 g/mol. The number of carbonyl (C=O) groups is 1. The quantitative estimate of drug-likeness (QED) is 0.885. The maximum absolute atomic E-state index is 12.1. The molecule has 3 heteroatoms. The molecular weight excluding hydrogens is 238 g/mol. The van der Waals surface area contributed by atoms with Gasteiger partial charge in [-0.15, -0.1) is 0 Å². The summed E-state index contributed by atoms with van der Waals surface area (Å²) in [7, 11) is 0. The van der Waals surface area contributed by atoms with E-state index in [1.54, 1.807) is 0 Å². The van der Waals surface area contributed by atoms with Crippen molar-refractivity contribution in [2.24, 2.45) is 0 Å². The van der Waals surface area contributed by atoms with Crippen molar-refractivity contribution >= 4 is 5.91 Å². The largest absolute Gasteiger partial charge is 0.376 e. The topological polar surface area (TPSA) is 38.3 Å². The van der Waals surface area contributed by atoms with Gasteiger partial charge in [0.1, 0.15) is 0 Å². The summed E-state index contributed by atoms with van der Waals surface area (Å²) in [6.07, 6.45) is 4.49. The third kappa shape index (κ3) is 3.80. The zero-order chi connectivity index (χ0) is 13.7. The van der Waals surface area contributed by atoms with Gasteiger partial charge in [-0.05, 0) is 43.9 Å². The lowest BCUT2D eigenvalue weighted by Crippen LogP contribution is -2.40. The third-order valence-electron chi connectivity index (χ3n) is 3.64. The van der Waals surface area contributed by atoms with Gasteiger partial charge in [-0.3, -0.25) is 4.79 Å². The van der Waals surface area contributed by atoms with Crippen molar-refractivity contribution in [1.82, 2.24) is 5.32 Å². The first kappa shape index (κ1) is 14.1. The second-order valence-electron chi connectivity index (χ2n) is 5.26. The van der Waals surface area contributed by atoms with E-state index in [-0.39, 0.29) is 18.1 Å². The van der Waals surface area contributed by atoms with Crippen LogP contribution >= 0.6 is 0 Å². The summed E-state index contributed by atoms with van der Waals surface area (Å²) in [6.45, 7) is 4.99. The lowest BCUT2D eigenvalue weighted by Gasteiger charge is -2.20. The molecule has 1 amide bonds. The highest BCUT2D eigenvalue weighted by Crippen LogP contribution is 2.16. The minimum Gasteiger partial charge on any atom is -0.376 e. The fraction of sp³-hybridized carbons (Fsp3) is 0.562. The van der Waals surface area contributed by atoms with E-state index in [1.807, 2.05) is 31.2 Å². The summed E-state index contributed by atoms with van der Waals surface area (Å²) in [5.74, 6) is -0.00829. The Balaban J connectivity index is 1.91. The summed E-state index contributed by atoms with van der Waals surface area (Å²) in [4.78, 5) is 12.1. The van der Waals surface area contributed by atoms with Gasteiger partial charge in [0, 0.05) is 12.2 Å². The Hall–Kier alpha value is -1.35. The lowest BCUT2D eigenvalue weighted by molar-refractivity contribution is 0.0712. The van der Waals surface area contributed by atoms with Crippen LogP contribution in [0.5, 0.6) is 0 Å². The van der Waals surface area contributed by atoms with Crippen molar-refractivity contribution in [3.05, 3.63) is 35.4 Å². The third-order valence-corrected chi connectivity index (χ3v) is 3.64. The number of hydrogen-bond acceptors (Lipinski definition) is 2. The first-order valence-corrected chi connectivity index (χ1v) is 7.22. The molecule has 0 radical (unpaired) electrons. The SMILES string of the molecule is CCCc1ccc(C(=O)NC(C)C2CCCO2)cc1. The average molecular weight is 261 g/mol. The number of aryl methyl sites for hydroxylation is 1. The van der Waals surface area contributed by atoms with Gasteiger partial charge in [0.25, 0.3) is 5.91 Å². The molecule has 104 valence electrons. The summed E-state index contributed by atoms with van der Waals surface area (Å²) in [5.41, 5.74) is 2.01. The van der Waals surface area contributed by atoms with E-state index in [0.717, 1.165) is 37.9 Å². The van der Waals surface area contributed by atoms with Gasteiger partial charge in [-0.2, -0.15) is 0 Å². The van der Waals surface area contributed by atoms with Crippen LogP contribution in [-0.4, -0.2) is 24.7 Å². The zero-order valence-corrected chi connectivity index (χ0v) is 11.8. The maximum atomic E-state index is 12.1. The summed E-state index contributed by atoms with van der Waals surface area (Å²) in [5, 5.41) is 3.03. The van der Waals surface area contributed by atoms with Crippen molar-refractivity contribution in [3.63, 3.8) is 0 Å². The smallest absolute Gasteiger partial charge is 0.251 e. The molecule has 3 nitrogen and oxygen atoms in total. The fourth-order valence-electron chi connectivity index (χ4n) is 2.49. The highest BCUT2D eigenvalue weighted by Gasteiger charge is 2.23. The molecule has 1 fully saturated rings. The molecule has 1 heterocycles. The van der Waals surface area contributed by atoms with Crippen LogP contribution < -0.4 is 5.32 Å². The minimum atomic E-state index is -0.00829. The molecule has 1 aromatic carbocycles. The predicted molar refractivity (Wildman–Crippen MR) is 76.3 cm³/mol. The molecule has 1 N–H and O–H groups in total. The first-order chi connectivity index (χ1) is 9.20. The Morgan fingerprint density at radius 1 is 1.42 bits per heavy atom. The standard InChI is InChI=1S/C16H23NO2/c1-3-5-13-7-9-14(10-8-13)16(18)17-12(2)15-6-4-11-19-15/h7-10,12,15H,3-6,11H2,1-2H3,(H,17,18). The molecule has 0 aliphatic carbocycles. The molecular formula is C16H23NO2. The first-order valence-electron chi connectivity index (χ1n) is 7.22. The normalized spacial score (nSPS) is 20.2. The highest BCUT2D eigenvalue weighted by atomic mass is 16.5. The number of hydrogen-bond donors (Lipinski definition) is 1. The number of carbonyl (C=O) groups excluding carboxylic acids is 1. The molecule has 0 aromatic heterocycles. The van der Waals surface area contributed by atoms with Crippen LogP contribution in [0.2, 0.25) is 0 Å². The summed E-state index contributed by atoms with van der Waals surface area (Å²) in [6, 6.07) is 7.96. The van der Waals surface area contributed by atoms with E-state index in [9.17, 15) is 4.79 Å². The van der Waals surface area contributed by atoms with Crippen LogP contribution in [0.3, 0.4) is 0 Å². The van der Waals surface area contributed by atoms with Crippen LogP contribution in [0.4, 0.5) is 0 Å². The summed E-state index contributed by atoms with van der Waals surface area (Å²) < 4.78 is 5.59. The predicted octanol–water partition coefficient (Wildman–Crippen LogP) is 2.94. The fourth-order valence-corrected chi connectivity index (χ4v) is 2.49. The van der Waals surface area contributed by atoms with Crippen molar-refractivity contribution in [2.75, 3.05) is 6.61 Å². The Kier molecular flexibility index (Phi) is 4.97. The van der Waals surface area contributed by atoms with Gasteiger partial charge < -0.3 is 10.1 Å². The van der Waals surface area contributed by atoms with Crippen molar-refractivity contribution < 1.29 is 9.53 Å². The molecule has 1 aliphatic rings. The van der Waals surface area contributed by atoms with Gasteiger partial charge in [-0.25, -0.2) is 0 Å². The van der Waals surface area contributed by atoms with Gasteiger partial charge >= 0.3 is 0 Å². The van der Waals surface area contributed by atoms with Gasteiger partial charge in [0.15, 0.2) is 0 Å². The van der Waals surface area contributed by atoms with E-state index in [0.29, 0.717) is 0 Å². The Morgan fingerprint density at radius 2 is 2.16 bits per heavy atom. The second-order valence-corrected chi connectivity index (χ2v) is 5.26. The number of ether oxygens (including phenoxy) is 1. The Bertz CT molecular complexity index is 407. The van der Waals surface area contributed by atoms with Crippen molar-refractivity contribution in [3.8, 4) is 0 Å². The molecule has 0 bridgehead atoms. The molecule has 19 heavy (non-hydrogen) atoms. The Labute approximate surface area is 115 Å². The van der Waals surface area contributed by atoms with E-state index in [2.05, 4.69) is 12.2 Å². The van der Waals surface area contributed by atoms with Gasteiger partial charge in [0.05, 0.1) is 12.1 Å². The van der Waals surface area contributed by atoms with Crippen LogP contribution in [0.25, 0.3) is 0 Å². The second kappa shape index (κ2) is 6.71. The number of rotatable bonds is 5. The van der Waals surface area contributed by atoms with Crippen LogP contribution in [-0.2, 0) is 11.2 Å². The minimum absolute atomic E-state index is 0.00829. The highest BCUT2D eigenvalue weighted by molar-refractivity contribution is 5.94. The van der Waals surface area contributed by atoms with E-state index in [1.165, 1.54) is 5.56 Å². The van der Waals surface area contributed by atoms with Crippen LogP contribution in [0.15, 0.2) is 24.3 Å². The van der Waals surface area contributed by atoms with Crippen LogP contribution in [0.1, 0.15) is 49.0 Å². The average Bonchev–Trinajstić information content (AvgIpc) is 2.94. The van der Waals surface area contributed by atoms with E-state index in [4.69, 9.17) is 4.74 Å². The molecule has 1 aliphatic heterocycles. The molecule has 0 spiro atoms. The molecule has 0 saturated carbocycles. The number of benzene rings is 1. The molecule has 2 atom stereocenters. The Morgan fingerprint density at radius 3 is 2.74 bits per heavy atom. The van der Waals surface area contributed by atoms with Gasteiger partial charge in [-0.1, -0.05) is 25.5 Å². The van der Waals surface area contributed by atoms with Crippen LogP contribution in [0, 0.1) is 0 Å². The lowest BCUT2D eigenvalue weighted by atomic mass is 10.1. The molecule has 2 unspecified atom stereocenters. The van der Waals surface area contributed by atoms with E-state index >= 15 is 0 Å². The molecule has 2 rings (SSSR count). The molecule has 1 aromatic rings. The summed E-state index contributed by atoms with van der Waals surface area (Å²) >= 11 is 0. The number of amides is 1.